The van der Waals surface area contributed by atoms with Crippen LogP contribution < -0.4 is 11.1 Å². The van der Waals surface area contributed by atoms with Crippen molar-refractivity contribution in [2.45, 2.75) is 78.7 Å². The Kier molecular flexibility index (Phi) is 23.5. The Labute approximate surface area is 332 Å². The first-order chi connectivity index (χ1) is 23.8. The van der Waals surface area contributed by atoms with Crippen LogP contribution in [0.1, 0.15) is 61.7 Å². The van der Waals surface area contributed by atoms with Crippen molar-refractivity contribution in [1.29, 1.82) is 0 Å². The first-order valence-electron chi connectivity index (χ1n) is 15.9. The fraction of sp³-hybridized carbons (Fsp3) is 0.500. The molecule has 0 aliphatic rings. The minimum absolute atomic E-state index is 0. The van der Waals surface area contributed by atoms with Crippen molar-refractivity contribution in [3.05, 3.63) is 75.9 Å². The molecule has 0 fully saturated rings. The summed E-state index contributed by atoms with van der Waals surface area (Å²) in [4.78, 5) is 48.1. The smallest absolute Gasteiger partial charge is 0.408 e. The second kappa shape index (κ2) is 25.6. The number of rotatable bonds is 15. The van der Waals surface area contributed by atoms with E-state index in [0.29, 0.717) is 19.6 Å². The fourth-order valence-corrected chi connectivity index (χ4v) is 7.32. The highest BCUT2D eigenvalue weighted by Gasteiger charge is 2.17. The molecule has 1 amide bonds. The highest BCUT2D eigenvalue weighted by atomic mass is 35.5. The zero-order valence-corrected chi connectivity index (χ0v) is 35.1. The van der Waals surface area contributed by atoms with Crippen LogP contribution >= 0.6 is 81.0 Å². The van der Waals surface area contributed by atoms with Crippen LogP contribution in [0.2, 0.25) is 0 Å². The van der Waals surface area contributed by atoms with Gasteiger partial charge in [0.05, 0.1) is 46.5 Å². The molecule has 0 atom stereocenters. The summed E-state index contributed by atoms with van der Waals surface area (Å²) in [7, 11) is 0. The number of nitrogens with two attached hydrogens (primary N) is 1. The monoisotopic (exact) mass is 840 g/mol. The Hall–Kier alpha value is -2.30. The lowest BCUT2D eigenvalue weighted by Gasteiger charge is -2.19. The largest absolute Gasteiger partial charge is 0.464 e. The van der Waals surface area contributed by atoms with Crippen molar-refractivity contribution in [1.82, 2.24) is 15.3 Å². The summed E-state index contributed by atoms with van der Waals surface area (Å²) in [6, 6.07) is 8.43. The number of ether oxygens (including phenoxy) is 3. The molecule has 0 aliphatic carbocycles. The standard InChI is InChI=1S/C19H26N2O4S2.C14H18N2O2S2.CH2Cl2.ClH/c1-13-21-14(12-26-13)5-6-15-7-8-16(27-15)9-10-24-17(22)11-20-18(23)25-19(2,3)4;1-10-16-11(9-19-10)2-3-12-4-5-13(20-12)6-7-18-14(17)8-15;2-1-3;/h7-8,12H,5-6,9-11H2,1-4H3,(H,20,23);4-5,9H,2-3,6-8,15H2,1H3;1H2;1H. The van der Waals surface area contributed by atoms with Crippen LogP contribution in [0, 0.1) is 13.8 Å². The van der Waals surface area contributed by atoms with Crippen molar-refractivity contribution in [3.8, 4) is 0 Å². The number of hydrogen-bond donors (Lipinski definition) is 2. The third-order valence-corrected chi connectivity index (χ3v) is 10.2. The van der Waals surface area contributed by atoms with Gasteiger partial charge in [-0.15, -0.1) is 81.0 Å². The topological polar surface area (TPSA) is 143 Å². The predicted molar refractivity (Wildman–Crippen MR) is 214 cm³/mol. The first kappa shape index (κ1) is 46.7. The zero-order chi connectivity index (χ0) is 36.9. The number of esters is 2. The van der Waals surface area contributed by atoms with Gasteiger partial charge in [-0.1, -0.05) is 0 Å². The number of carbonyl (C=O) groups is 3. The number of aromatic nitrogens is 2. The Morgan fingerprint density at radius 2 is 1.16 bits per heavy atom. The van der Waals surface area contributed by atoms with Gasteiger partial charge in [-0.25, -0.2) is 14.8 Å². The van der Waals surface area contributed by atoms with E-state index in [1.165, 1.54) is 25.2 Å². The Bertz CT molecular complexity index is 1590. The highest BCUT2D eigenvalue weighted by Crippen LogP contribution is 2.21. The summed E-state index contributed by atoms with van der Waals surface area (Å²) in [5.74, 6) is -0.822. The van der Waals surface area contributed by atoms with Crippen molar-refractivity contribution in [2.75, 3.05) is 31.6 Å². The van der Waals surface area contributed by atoms with Gasteiger partial charge in [-0.3, -0.25) is 9.59 Å². The average Bonchev–Trinajstić information content (AvgIpc) is 3.87. The third-order valence-electron chi connectivity index (χ3n) is 6.19. The molecular weight excluding hydrogens is 795 g/mol. The summed E-state index contributed by atoms with van der Waals surface area (Å²) in [6.45, 7) is 9.78. The van der Waals surface area contributed by atoms with Gasteiger partial charge < -0.3 is 25.3 Å². The van der Waals surface area contributed by atoms with Crippen LogP contribution in [-0.2, 0) is 62.3 Å². The van der Waals surface area contributed by atoms with Crippen LogP contribution in [0.3, 0.4) is 0 Å². The molecule has 0 bridgehead atoms. The lowest BCUT2D eigenvalue weighted by atomic mass is 10.2. The maximum atomic E-state index is 11.7. The van der Waals surface area contributed by atoms with Crippen LogP contribution in [0.4, 0.5) is 4.79 Å². The molecule has 17 heteroatoms. The number of amides is 1. The molecule has 0 radical (unpaired) electrons. The van der Waals surface area contributed by atoms with Gasteiger partial charge in [-0.2, -0.15) is 0 Å². The van der Waals surface area contributed by atoms with E-state index in [2.05, 4.69) is 50.3 Å². The summed E-state index contributed by atoms with van der Waals surface area (Å²) in [5, 5.41) is 9.03. The molecule has 0 aliphatic heterocycles. The molecule has 284 valence electrons. The lowest BCUT2D eigenvalue weighted by Crippen LogP contribution is -2.36. The minimum Gasteiger partial charge on any atom is -0.464 e. The number of thiophene rings is 2. The maximum Gasteiger partial charge on any atom is 0.408 e. The molecule has 0 saturated carbocycles. The van der Waals surface area contributed by atoms with E-state index in [4.69, 9.17) is 43.1 Å². The quantitative estimate of drug-likeness (QED) is 0.0690. The molecule has 3 N–H and O–H groups in total. The summed E-state index contributed by atoms with van der Waals surface area (Å²) >= 11 is 16.4. The van der Waals surface area contributed by atoms with Crippen LogP contribution in [0.5, 0.6) is 0 Å². The number of nitrogens with zero attached hydrogens (tertiary/aromatic N) is 2. The molecule has 0 aromatic carbocycles. The summed E-state index contributed by atoms with van der Waals surface area (Å²) < 4.78 is 15.2. The van der Waals surface area contributed by atoms with Gasteiger partial charge in [0, 0.05) is 43.1 Å². The van der Waals surface area contributed by atoms with E-state index in [1.54, 1.807) is 66.1 Å². The number of thiazole rings is 2. The molecule has 0 spiro atoms. The van der Waals surface area contributed by atoms with Crippen molar-refractivity contribution in [3.63, 3.8) is 0 Å². The number of alkyl halides is 2. The highest BCUT2D eigenvalue weighted by molar-refractivity contribution is 7.12. The zero-order valence-electron chi connectivity index (χ0n) is 29.5. The third kappa shape index (κ3) is 21.7. The van der Waals surface area contributed by atoms with E-state index < -0.39 is 17.7 Å². The van der Waals surface area contributed by atoms with E-state index in [0.717, 1.165) is 47.8 Å². The van der Waals surface area contributed by atoms with Gasteiger partial charge >= 0.3 is 18.0 Å². The van der Waals surface area contributed by atoms with Crippen LogP contribution in [-0.4, -0.2) is 65.2 Å². The molecule has 10 nitrogen and oxygen atoms in total. The molecule has 4 heterocycles. The van der Waals surface area contributed by atoms with Gasteiger partial charge in [0.15, 0.2) is 0 Å². The number of hydrogen-bond acceptors (Lipinski definition) is 13. The number of nitrogens with one attached hydrogen (secondary N) is 1. The van der Waals surface area contributed by atoms with Crippen molar-refractivity contribution in [2.24, 2.45) is 5.73 Å². The minimum atomic E-state index is -0.627. The molecule has 4 aromatic rings. The number of aryl methyl sites for hydroxylation is 6. The summed E-state index contributed by atoms with van der Waals surface area (Å²) in [5.41, 5.74) is 6.88. The van der Waals surface area contributed by atoms with Crippen molar-refractivity contribution >= 4 is 99.0 Å². The van der Waals surface area contributed by atoms with Crippen LogP contribution in [0.25, 0.3) is 0 Å². The van der Waals surface area contributed by atoms with Gasteiger partial charge in [0.1, 0.15) is 12.1 Å². The summed E-state index contributed by atoms with van der Waals surface area (Å²) in [6.07, 6.45) is 4.69. The first-order valence-corrected chi connectivity index (χ1v) is 20.3. The van der Waals surface area contributed by atoms with E-state index in [1.807, 2.05) is 13.8 Å². The molecule has 0 saturated heterocycles. The SMILES string of the molecule is Cc1nc(CCc2ccc(CCOC(=O)CN)s2)cs1.Cc1nc(CCc2ccc(CCOC(=O)CNC(=O)OC(C)(C)C)s2)cs1.Cl.ClCCl. The van der Waals surface area contributed by atoms with Gasteiger partial charge in [0.25, 0.3) is 0 Å². The van der Waals surface area contributed by atoms with Crippen molar-refractivity contribution < 1.29 is 28.6 Å². The normalized spacial score (nSPS) is 10.5. The fourth-order valence-electron chi connectivity index (χ4n) is 4.03. The van der Waals surface area contributed by atoms with Gasteiger partial charge in [-0.05, 0) is 84.6 Å². The Morgan fingerprint density at radius 3 is 1.53 bits per heavy atom. The maximum absolute atomic E-state index is 11.7. The average molecular weight is 842 g/mol. The lowest BCUT2D eigenvalue weighted by molar-refractivity contribution is -0.143. The molecule has 4 aromatic heterocycles. The predicted octanol–water partition coefficient (Wildman–Crippen LogP) is 8.09. The molecular formula is C34H47Cl3N4O6S4. The second-order valence-corrected chi connectivity index (χ2v) is 17.0. The number of carbonyl (C=O) groups excluding carboxylic acids is 3. The Balaban J connectivity index is 0.000000481. The van der Waals surface area contributed by atoms with E-state index in [9.17, 15) is 14.4 Å². The van der Waals surface area contributed by atoms with Gasteiger partial charge in [0.2, 0.25) is 0 Å². The number of alkyl carbamates (subject to hydrolysis) is 1. The molecule has 4 rings (SSSR count). The molecule has 51 heavy (non-hydrogen) atoms. The number of halogens is 3. The van der Waals surface area contributed by atoms with Crippen LogP contribution in [0.15, 0.2) is 35.0 Å². The second-order valence-electron chi connectivity index (χ2n) is 11.6. The Morgan fingerprint density at radius 1 is 0.745 bits per heavy atom. The molecule has 0 unspecified atom stereocenters. The van der Waals surface area contributed by atoms with E-state index in [-0.39, 0.29) is 36.8 Å². The van der Waals surface area contributed by atoms with E-state index >= 15 is 0 Å².